The van der Waals surface area contributed by atoms with Gasteiger partial charge in [-0.2, -0.15) is 0 Å². The van der Waals surface area contributed by atoms with Gasteiger partial charge in [-0.15, -0.1) is 11.6 Å². The van der Waals surface area contributed by atoms with Crippen LogP contribution in [-0.2, 0) is 0 Å². The third-order valence-corrected chi connectivity index (χ3v) is 2.97. The van der Waals surface area contributed by atoms with Gasteiger partial charge in [0, 0.05) is 30.7 Å². The molecule has 0 N–H and O–H groups in total. The molecular formula is C11H15ClN2. The number of hydrogen-bond acceptors (Lipinski definition) is 2. The summed E-state index contributed by atoms with van der Waals surface area (Å²) in [5.41, 5.74) is 2.32. The van der Waals surface area contributed by atoms with E-state index in [-0.39, 0.29) is 0 Å². The van der Waals surface area contributed by atoms with Gasteiger partial charge in [0.15, 0.2) is 0 Å². The van der Waals surface area contributed by atoms with Gasteiger partial charge in [-0.05, 0) is 31.9 Å². The van der Waals surface area contributed by atoms with Crippen molar-refractivity contribution in [2.75, 3.05) is 18.0 Å². The molecule has 1 aromatic rings. The molecule has 0 bridgehead atoms. The summed E-state index contributed by atoms with van der Waals surface area (Å²) >= 11 is 6.14. The van der Waals surface area contributed by atoms with E-state index in [4.69, 9.17) is 11.6 Å². The van der Waals surface area contributed by atoms with E-state index in [1.165, 1.54) is 12.1 Å². The fourth-order valence-corrected chi connectivity index (χ4v) is 2.21. The number of piperidine rings is 1. The lowest BCUT2D eigenvalue weighted by molar-refractivity contribution is 0.584. The molecule has 3 heteroatoms. The van der Waals surface area contributed by atoms with Crippen LogP contribution in [0.25, 0.3) is 0 Å². The maximum absolute atomic E-state index is 6.14. The highest BCUT2D eigenvalue weighted by atomic mass is 35.5. The van der Waals surface area contributed by atoms with Crippen molar-refractivity contribution in [1.82, 2.24) is 4.98 Å². The minimum atomic E-state index is 0.303. The number of aromatic nitrogens is 1. The molecule has 0 radical (unpaired) electrons. The molecule has 0 amide bonds. The normalized spacial score (nSPS) is 22.4. The van der Waals surface area contributed by atoms with Gasteiger partial charge < -0.3 is 4.90 Å². The standard InChI is InChI=1S/C11H15ClN2/c1-9-7-11(4-5-13-9)14-6-2-3-10(12)8-14/h4-5,7,10H,2-3,6,8H2,1H3. The average Bonchev–Trinajstić information content (AvgIpc) is 2.18. The molecule has 1 aromatic heterocycles. The zero-order chi connectivity index (χ0) is 9.97. The van der Waals surface area contributed by atoms with E-state index in [0.29, 0.717) is 5.38 Å². The van der Waals surface area contributed by atoms with Gasteiger partial charge in [-0.1, -0.05) is 0 Å². The Morgan fingerprint density at radius 2 is 2.43 bits per heavy atom. The molecule has 14 heavy (non-hydrogen) atoms. The predicted octanol–water partition coefficient (Wildman–Crippen LogP) is 2.60. The van der Waals surface area contributed by atoms with Crippen molar-refractivity contribution < 1.29 is 0 Å². The molecule has 2 heterocycles. The van der Waals surface area contributed by atoms with Crippen LogP contribution in [0.2, 0.25) is 0 Å². The highest BCUT2D eigenvalue weighted by Crippen LogP contribution is 2.22. The van der Waals surface area contributed by atoms with Gasteiger partial charge in [-0.25, -0.2) is 0 Å². The van der Waals surface area contributed by atoms with Crippen molar-refractivity contribution >= 4 is 17.3 Å². The maximum Gasteiger partial charge on any atom is 0.0511 e. The lowest BCUT2D eigenvalue weighted by Gasteiger charge is -2.31. The number of halogens is 1. The van der Waals surface area contributed by atoms with E-state index < -0.39 is 0 Å². The predicted molar refractivity (Wildman–Crippen MR) is 60.1 cm³/mol. The lowest BCUT2D eigenvalue weighted by Crippen LogP contribution is -2.35. The van der Waals surface area contributed by atoms with E-state index >= 15 is 0 Å². The smallest absolute Gasteiger partial charge is 0.0511 e. The molecule has 1 aliphatic rings. The second-order valence-electron chi connectivity index (χ2n) is 3.84. The number of aryl methyl sites for hydroxylation is 1. The Morgan fingerprint density at radius 1 is 1.57 bits per heavy atom. The van der Waals surface area contributed by atoms with Gasteiger partial charge in [-0.3, -0.25) is 4.98 Å². The van der Waals surface area contributed by atoms with Gasteiger partial charge >= 0.3 is 0 Å². The van der Waals surface area contributed by atoms with Crippen LogP contribution in [0.3, 0.4) is 0 Å². The molecule has 2 rings (SSSR count). The Balaban J connectivity index is 2.14. The quantitative estimate of drug-likeness (QED) is 0.663. The molecule has 0 aromatic carbocycles. The van der Waals surface area contributed by atoms with E-state index in [1.54, 1.807) is 0 Å². The minimum absolute atomic E-state index is 0.303. The largest absolute Gasteiger partial charge is 0.370 e. The van der Waals surface area contributed by atoms with Crippen molar-refractivity contribution in [3.63, 3.8) is 0 Å². The molecule has 1 unspecified atom stereocenters. The summed E-state index contributed by atoms with van der Waals surface area (Å²) in [6, 6.07) is 4.18. The first kappa shape index (κ1) is 9.78. The van der Waals surface area contributed by atoms with Crippen LogP contribution in [0.15, 0.2) is 18.3 Å². The van der Waals surface area contributed by atoms with E-state index in [1.807, 2.05) is 13.1 Å². The first-order valence-electron chi connectivity index (χ1n) is 5.07. The summed E-state index contributed by atoms with van der Waals surface area (Å²) in [6.07, 6.45) is 4.19. The summed E-state index contributed by atoms with van der Waals surface area (Å²) in [6.45, 7) is 4.10. The van der Waals surface area contributed by atoms with Crippen LogP contribution in [0, 0.1) is 6.92 Å². The molecule has 1 atom stereocenters. The van der Waals surface area contributed by atoms with Gasteiger partial charge in [0.05, 0.1) is 5.38 Å². The van der Waals surface area contributed by atoms with Crippen molar-refractivity contribution in [2.24, 2.45) is 0 Å². The Morgan fingerprint density at radius 3 is 3.14 bits per heavy atom. The van der Waals surface area contributed by atoms with Crippen LogP contribution in [0.1, 0.15) is 18.5 Å². The number of pyridine rings is 1. The zero-order valence-corrected chi connectivity index (χ0v) is 9.17. The van der Waals surface area contributed by atoms with Crippen molar-refractivity contribution in [3.8, 4) is 0 Å². The number of nitrogens with zero attached hydrogens (tertiary/aromatic N) is 2. The highest BCUT2D eigenvalue weighted by Gasteiger charge is 2.17. The van der Waals surface area contributed by atoms with Crippen LogP contribution in [0.5, 0.6) is 0 Å². The first-order valence-corrected chi connectivity index (χ1v) is 5.51. The SMILES string of the molecule is Cc1cc(N2CCCC(Cl)C2)ccn1. The monoisotopic (exact) mass is 210 g/mol. The van der Waals surface area contributed by atoms with Gasteiger partial charge in [0.25, 0.3) is 0 Å². The molecule has 0 aliphatic carbocycles. The van der Waals surface area contributed by atoms with Crippen molar-refractivity contribution in [1.29, 1.82) is 0 Å². The topological polar surface area (TPSA) is 16.1 Å². The fraction of sp³-hybridized carbons (Fsp3) is 0.545. The summed E-state index contributed by atoms with van der Waals surface area (Å²) in [7, 11) is 0. The molecule has 76 valence electrons. The summed E-state index contributed by atoms with van der Waals surface area (Å²) in [5, 5.41) is 0.303. The van der Waals surface area contributed by atoms with Crippen LogP contribution < -0.4 is 4.90 Å². The second kappa shape index (κ2) is 4.18. The molecule has 1 fully saturated rings. The van der Waals surface area contributed by atoms with Crippen molar-refractivity contribution in [3.05, 3.63) is 24.0 Å². The molecule has 1 aliphatic heterocycles. The molecular weight excluding hydrogens is 196 g/mol. The number of hydrogen-bond donors (Lipinski definition) is 0. The van der Waals surface area contributed by atoms with E-state index in [9.17, 15) is 0 Å². The third kappa shape index (κ3) is 2.18. The van der Waals surface area contributed by atoms with Gasteiger partial charge in [0.2, 0.25) is 0 Å². The Labute approximate surface area is 89.9 Å². The molecule has 2 nitrogen and oxygen atoms in total. The number of alkyl halides is 1. The number of rotatable bonds is 1. The third-order valence-electron chi connectivity index (χ3n) is 2.61. The van der Waals surface area contributed by atoms with Crippen LogP contribution in [-0.4, -0.2) is 23.5 Å². The van der Waals surface area contributed by atoms with Crippen LogP contribution in [0.4, 0.5) is 5.69 Å². The number of anilines is 1. The summed E-state index contributed by atoms with van der Waals surface area (Å²) in [4.78, 5) is 6.54. The highest BCUT2D eigenvalue weighted by molar-refractivity contribution is 6.21. The average molecular weight is 211 g/mol. The van der Waals surface area contributed by atoms with Crippen LogP contribution >= 0.6 is 11.6 Å². The fourth-order valence-electron chi connectivity index (χ4n) is 1.89. The zero-order valence-electron chi connectivity index (χ0n) is 8.41. The molecule has 0 spiro atoms. The minimum Gasteiger partial charge on any atom is -0.370 e. The van der Waals surface area contributed by atoms with E-state index in [0.717, 1.165) is 25.2 Å². The van der Waals surface area contributed by atoms with E-state index in [2.05, 4.69) is 22.0 Å². The Bertz CT molecular complexity index is 314. The first-order chi connectivity index (χ1) is 6.75. The Kier molecular flexibility index (Phi) is 2.92. The summed E-state index contributed by atoms with van der Waals surface area (Å²) < 4.78 is 0. The second-order valence-corrected chi connectivity index (χ2v) is 4.46. The van der Waals surface area contributed by atoms with Gasteiger partial charge in [0.1, 0.15) is 0 Å². The summed E-state index contributed by atoms with van der Waals surface area (Å²) in [5.74, 6) is 0. The molecule has 1 saturated heterocycles. The Hall–Kier alpha value is -0.760. The molecule has 0 saturated carbocycles. The lowest BCUT2D eigenvalue weighted by atomic mass is 10.1. The van der Waals surface area contributed by atoms with Crippen molar-refractivity contribution in [2.45, 2.75) is 25.1 Å². The maximum atomic E-state index is 6.14.